The molecule has 0 amide bonds. The van der Waals surface area contributed by atoms with Crippen molar-refractivity contribution in [3.8, 4) is 5.75 Å². The Morgan fingerprint density at radius 3 is 1.92 bits per heavy atom. The summed E-state index contributed by atoms with van der Waals surface area (Å²) in [6.45, 7) is 6.18. The minimum atomic E-state index is -4.68. The maximum Gasteiger partial charge on any atom is 0.343 e. The summed E-state index contributed by atoms with van der Waals surface area (Å²) in [7, 11) is -4.68. The van der Waals surface area contributed by atoms with Gasteiger partial charge in [0.15, 0.2) is 0 Å². The number of rotatable bonds is 4. The summed E-state index contributed by atoms with van der Waals surface area (Å²) in [6, 6.07) is 11.2. The van der Waals surface area contributed by atoms with Crippen LogP contribution in [0.2, 0.25) is 0 Å². The van der Waals surface area contributed by atoms with Crippen molar-refractivity contribution in [2.45, 2.75) is 36.8 Å². The summed E-state index contributed by atoms with van der Waals surface area (Å²) in [4.78, 5) is 11.5. The van der Waals surface area contributed by atoms with Crippen LogP contribution in [0, 0.1) is 0 Å². The van der Waals surface area contributed by atoms with E-state index in [4.69, 9.17) is 4.74 Å². The average Bonchev–Trinajstić information content (AvgIpc) is 2.54. The van der Waals surface area contributed by atoms with Crippen LogP contribution in [0.4, 0.5) is 8.78 Å². The molecule has 0 bridgehead atoms. The van der Waals surface area contributed by atoms with Gasteiger partial charge in [-0.2, -0.15) is 8.78 Å². The lowest BCUT2D eigenvalue weighted by Crippen LogP contribution is -2.13. The molecule has 2 aromatic carbocycles. The summed E-state index contributed by atoms with van der Waals surface area (Å²) in [5.41, 5.74) is 1.11. The molecule has 2 rings (SSSR count). The Balaban J connectivity index is 2.14. The van der Waals surface area contributed by atoms with Gasteiger partial charge >= 0.3 is 11.7 Å². The summed E-state index contributed by atoms with van der Waals surface area (Å²) >= 11 is 0. The van der Waals surface area contributed by atoms with Crippen molar-refractivity contribution < 1.29 is 26.7 Å². The Hall–Kier alpha value is -2.28. The third kappa shape index (κ3) is 4.42. The van der Waals surface area contributed by atoms with Crippen molar-refractivity contribution in [3.63, 3.8) is 0 Å². The van der Waals surface area contributed by atoms with Crippen LogP contribution in [-0.2, 0) is 15.3 Å². The zero-order valence-corrected chi connectivity index (χ0v) is 14.8. The Morgan fingerprint density at radius 1 is 0.960 bits per heavy atom. The first-order valence-corrected chi connectivity index (χ1v) is 9.01. The molecule has 0 saturated heterocycles. The maximum absolute atomic E-state index is 12.5. The highest BCUT2D eigenvalue weighted by Crippen LogP contribution is 2.25. The maximum atomic E-state index is 12.5. The standard InChI is InChI=1S/C18H18F2O4S/c1-18(2,3)13-6-8-14(9-7-13)24-16(21)12-4-10-15(11-5-12)25(22,23)17(19)20/h4-11,17H,1-3H3. The van der Waals surface area contributed by atoms with Gasteiger partial charge in [-0.3, -0.25) is 0 Å². The van der Waals surface area contributed by atoms with Gasteiger partial charge in [0, 0.05) is 0 Å². The van der Waals surface area contributed by atoms with E-state index in [1.165, 1.54) is 0 Å². The molecule has 0 radical (unpaired) electrons. The van der Waals surface area contributed by atoms with E-state index < -0.39 is 26.5 Å². The number of hydrogen-bond acceptors (Lipinski definition) is 4. The predicted octanol–water partition coefficient (Wildman–Crippen LogP) is 4.20. The predicted molar refractivity (Wildman–Crippen MR) is 89.7 cm³/mol. The molecule has 134 valence electrons. The second kappa shape index (κ2) is 6.92. The van der Waals surface area contributed by atoms with Gasteiger partial charge in [-0.1, -0.05) is 32.9 Å². The molecular weight excluding hydrogens is 350 g/mol. The molecule has 0 spiro atoms. The number of benzene rings is 2. The first kappa shape index (κ1) is 19.1. The molecule has 25 heavy (non-hydrogen) atoms. The molecule has 0 aromatic heterocycles. The first-order chi connectivity index (χ1) is 11.5. The summed E-state index contributed by atoms with van der Waals surface area (Å²) in [6.07, 6.45) is 0. The normalized spacial score (nSPS) is 12.2. The lowest BCUT2D eigenvalue weighted by atomic mass is 9.87. The molecule has 7 heteroatoms. The number of esters is 1. The first-order valence-electron chi connectivity index (χ1n) is 7.46. The molecule has 0 aliphatic heterocycles. The lowest BCUT2D eigenvalue weighted by Gasteiger charge is -2.19. The summed E-state index contributed by atoms with van der Waals surface area (Å²) < 4.78 is 52.9. The minimum absolute atomic E-state index is 0.0332. The van der Waals surface area contributed by atoms with Crippen LogP contribution in [0.3, 0.4) is 0 Å². The van der Waals surface area contributed by atoms with Crippen LogP contribution in [0.25, 0.3) is 0 Å². The second-order valence-corrected chi connectivity index (χ2v) is 8.41. The van der Waals surface area contributed by atoms with Crippen LogP contribution >= 0.6 is 0 Å². The summed E-state index contributed by atoms with van der Waals surface area (Å²) in [5.74, 6) is -3.88. The molecule has 0 saturated carbocycles. The summed E-state index contributed by atoms with van der Waals surface area (Å²) in [5, 5.41) is 0. The third-order valence-corrected chi connectivity index (χ3v) is 4.98. The number of sulfone groups is 1. The fraction of sp³-hybridized carbons (Fsp3) is 0.278. The zero-order chi connectivity index (χ0) is 18.8. The number of hydrogen-bond donors (Lipinski definition) is 0. The largest absolute Gasteiger partial charge is 0.423 e. The smallest absolute Gasteiger partial charge is 0.343 e. The molecule has 0 atom stereocenters. The topological polar surface area (TPSA) is 60.4 Å². The molecule has 0 aliphatic carbocycles. The monoisotopic (exact) mass is 368 g/mol. The number of halogens is 2. The Kier molecular flexibility index (Phi) is 5.27. The number of carbonyl (C=O) groups is 1. The van der Waals surface area contributed by atoms with E-state index in [0.717, 1.165) is 29.8 Å². The second-order valence-electron chi connectivity index (χ2n) is 6.49. The van der Waals surface area contributed by atoms with Crippen LogP contribution in [0.5, 0.6) is 5.75 Å². The highest BCUT2D eigenvalue weighted by atomic mass is 32.2. The van der Waals surface area contributed by atoms with E-state index in [-0.39, 0.29) is 11.0 Å². The van der Waals surface area contributed by atoms with E-state index in [9.17, 15) is 22.0 Å². The van der Waals surface area contributed by atoms with Gasteiger partial charge in [-0.05, 0) is 47.4 Å². The fourth-order valence-corrected chi connectivity index (χ4v) is 2.79. The van der Waals surface area contributed by atoms with E-state index >= 15 is 0 Å². The van der Waals surface area contributed by atoms with E-state index in [1.54, 1.807) is 12.1 Å². The average molecular weight is 368 g/mol. The number of carbonyl (C=O) groups excluding carboxylic acids is 1. The van der Waals surface area contributed by atoms with Gasteiger partial charge in [0.25, 0.3) is 0 Å². The molecular formula is C18H18F2O4S. The van der Waals surface area contributed by atoms with Gasteiger partial charge < -0.3 is 4.74 Å². The van der Waals surface area contributed by atoms with Crippen molar-refractivity contribution in [2.24, 2.45) is 0 Å². The quantitative estimate of drug-likeness (QED) is 0.599. The highest BCUT2D eigenvalue weighted by molar-refractivity contribution is 7.91. The molecule has 0 aliphatic rings. The van der Waals surface area contributed by atoms with Gasteiger partial charge in [0.1, 0.15) is 5.75 Å². The minimum Gasteiger partial charge on any atom is -0.423 e. The van der Waals surface area contributed by atoms with E-state index in [2.05, 4.69) is 20.8 Å². The van der Waals surface area contributed by atoms with Crippen molar-refractivity contribution >= 4 is 15.8 Å². The van der Waals surface area contributed by atoms with Crippen LogP contribution in [0.1, 0.15) is 36.7 Å². The molecule has 0 N–H and O–H groups in total. The zero-order valence-electron chi connectivity index (χ0n) is 14.0. The lowest BCUT2D eigenvalue weighted by molar-refractivity contribution is 0.0734. The van der Waals surface area contributed by atoms with Crippen molar-refractivity contribution in [1.29, 1.82) is 0 Å². The number of ether oxygens (including phenoxy) is 1. The van der Waals surface area contributed by atoms with Crippen LogP contribution in [0.15, 0.2) is 53.4 Å². The Bertz CT molecular complexity index is 849. The van der Waals surface area contributed by atoms with Crippen molar-refractivity contribution in [3.05, 3.63) is 59.7 Å². The van der Waals surface area contributed by atoms with Crippen molar-refractivity contribution in [1.82, 2.24) is 0 Å². The third-order valence-electron chi connectivity index (χ3n) is 3.58. The molecule has 0 fully saturated rings. The van der Waals surface area contributed by atoms with Gasteiger partial charge in [0.2, 0.25) is 9.84 Å². The van der Waals surface area contributed by atoms with Crippen LogP contribution in [-0.4, -0.2) is 20.1 Å². The SMILES string of the molecule is CC(C)(C)c1ccc(OC(=O)c2ccc(S(=O)(=O)C(F)F)cc2)cc1. The van der Waals surface area contributed by atoms with Crippen LogP contribution < -0.4 is 4.74 Å². The number of alkyl halides is 2. The molecule has 0 unspecified atom stereocenters. The fourth-order valence-electron chi connectivity index (χ4n) is 2.07. The Labute approximate surface area is 145 Å². The van der Waals surface area contributed by atoms with Gasteiger partial charge in [0.05, 0.1) is 10.5 Å². The van der Waals surface area contributed by atoms with E-state index in [0.29, 0.717) is 5.75 Å². The van der Waals surface area contributed by atoms with Crippen molar-refractivity contribution in [2.75, 3.05) is 0 Å². The van der Waals surface area contributed by atoms with Gasteiger partial charge in [-0.15, -0.1) is 0 Å². The van der Waals surface area contributed by atoms with Gasteiger partial charge in [-0.25, -0.2) is 13.2 Å². The highest BCUT2D eigenvalue weighted by Gasteiger charge is 2.26. The molecule has 0 heterocycles. The molecule has 4 nitrogen and oxygen atoms in total. The molecule has 2 aromatic rings. The van der Waals surface area contributed by atoms with E-state index in [1.807, 2.05) is 12.1 Å². The Morgan fingerprint density at radius 2 is 1.48 bits per heavy atom.